The molecule has 1 N–H and O–H groups in total. The first-order valence-electron chi connectivity index (χ1n) is 7.53. The third kappa shape index (κ3) is 6.00. The molecule has 0 aliphatic rings. The number of amides is 2. The summed E-state index contributed by atoms with van der Waals surface area (Å²) in [7, 11) is 0. The minimum atomic E-state index is -0.782. The lowest BCUT2D eigenvalue weighted by atomic mass is 10.2. The summed E-state index contributed by atoms with van der Waals surface area (Å²) in [6, 6.07) is 16.7. The molecule has 0 bridgehead atoms. The van der Waals surface area contributed by atoms with Gasteiger partial charge in [-0.2, -0.15) is 0 Å². The van der Waals surface area contributed by atoms with Gasteiger partial charge in [0, 0.05) is 0 Å². The first-order valence-corrected chi connectivity index (χ1v) is 7.53. The van der Waals surface area contributed by atoms with Gasteiger partial charge in [0.1, 0.15) is 18.1 Å². The molecular weight excluding hydrogens is 310 g/mol. The Balaban J connectivity index is 1.75. The minimum Gasteiger partial charge on any atom is -0.489 e. The number of nitrogens with one attached hydrogen (secondary N) is 1. The summed E-state index contributed by atoms with van der Waals surface area (Å²) in [5.41, 5.74) is 1.08. The highest BCUT2D eigenvalue weighted by atomic mass is 16.5. The second kappa shape index (κ2) is 9.19. The molecule has 0 radical (unpaired) electrons. The van der Waals surface area contributed by atoms with Crippen molar-refractivity contribution in [2.45, 2.75) is 13.5 Å². The van der Waals surface area contributed by atoms with E-state index in [0.29, 0.717) is 18.1 Å². The van der Waals surface area contributed by atoms with Gasteiger partial charge in [-0.05, 0) is 36.8 Å². The maximum atomic E-state index is 11.5. The Morgan fingerprint density at radius 3 is 2.17 bits per heavy atom. The third-order valence-corrected chi connectivity index (χ3v) is 2.96. The number of carbonyl (C=O) groups is 2. The predicted octanol–water partition coefficient (Wildman–Crippen LogP) is 2.92. The maximum Gasteiger partial charge on any atom is 0.413 e. The summed E-state index contributed by atoms with van der Waals surface area (Å²) in [6.07, 6.45) is -0.782. The zero-order valence-electron chi connectivity index (χ0n) is 13.4. The highest BCUT2D eigenvalue weighted by Crippen LogP contribution is 2.18. The number of imide groups is 1. The van der Waals surface area contributed by atoms with Crippen molar-refractivity contribution in [3.8, 4) is 11.5 Å². The number of benzene rings is 2. The van der Waals surface area contributed by atoms with E-state index in [9.17, 15) is 9.59 Å². The molecule has 24 heavy (non-hydrogen) atoms. The molecule has 6 nitrogen and oxygen atoms in total. The van der Waals surface area contributed by atoms with Crippen LogP contribution in [0.4, 0.5) is 4.79 Å². The van der Waals surface area contributed by atoms with E-state index in [4.69, 9.17) is 9.47 Å². The predicted molar refractivity (Wildman–Crippen MR) is 87.9 cm³/mol. The zero-order valence-corrected chi connectivity index (χ0v) is 13.4. The van der Waals surface area contributed by atoms with Crippen LogP contribution < -0.4 is 14.8 Å². The second-order valence-corrected chi connectivity index (χ2v) is 4.80. The summed E-state index contributed by atoms with van der Waals surface area (Å²) in [5.74, 6) is 0.626. The Kier molecular flexibility index (Phi) is 6.64. The number of hydrogen-bond donors (Lipinski definition) is 1. The molecule has 2 amide bonds. The number of ether oxygens (including phenoxy) is 3. The van der Waals surface area contributed by atoms with Crippen molar-refractivity contribution < 1.29 is 23.8 Å². The van der Waals surface area contributed by atoms with Crippen LogP contribution in [0, 0.1) is 0 Å². The fourth-order valence-corrected chi connectivity index (χ4v) is 1.84. The summed E-state index contributed by atoms with van der Waals surface area (Å²) >= 11 is 0. The topological polar surface area (TPSA) is 73.9 Å². The van der Waals surface area contributed by atoms with Crippen molar-refractivity contribution in [3.63, 3.8) is 0 Å². The SMILES string of the molecule is CCOC(=O)NC(=O)COc1ccc(OCc2ccccc2)cc1. The van der Waals surface area contributed by atoms with E-state index in [2.05, 4.69) is 10.1 Å². The zero-order chi connectivity index (χ0) is 17.2. The molecular formula is C18H19NO5. The molecule has 0 aliphatic carbocycles. The van der Waals surface area contributed by atoms with E-state index in [1.165, 1.54) is 0 Å². The Labute approximate surface area is 140 Å². The van der Waals surface area contributed by atoms with Crippen LogP contribution in [-0.2, 0) is 16.1 Å². The van der Waals surface area contributed by atoms with Crippen LogP contribution in [0.25, 0.3) is 0 Å². The van der Waals surface area contributed by atoms with Crippen LogP contribution in [0.5, 0.6) is 11.5 Å². The Hall–Kier alpha value is -3.02. The average Bonchev–Trinajstić information content (AvgIpc) is 2.60. The van der Waals surface area contributed by atoms with Crippen LogP contribution in [0.2, 0.25) is 0 Å². The van der Waals surface area contributed by atoms with Crippen molar-refractivity contribution in [3.05, 3.63) is 60.2 Å². The Morgan fingerprint density at radius 1 is 0.917 bits per heavy atom. The van der Waals surface area contributed by atoms with Crippen molar-refractivity contribution in [2.75, 3.05) is 13.2 Å². The first kappa shape index (κ1) is 17.3. The molecule has 0 atom stereocenters. The normalized spacial score (nSPS) is 9.88. The lowest BCUT2D eigenvalue weighted by Gasteiger charge is -2.09. The molecule has 6 heteroatoms. The fourth-order valence-electron chi connectivity index (χ4n) is 1.84. The van der Waals surface area contributed by atoms with E-state index >= 15 is 0 Å². The molecule has 0 heterocycles. The van der Waals surface area contributed by atoms with Gasteiger partial charge in [0.15, 0.2) is 6.61 Å². The van der Waals surface area contributed by atoms with Gasteiger partial charge in [0.2, 0.25) is 0 Å². The van der Waals surface area contributed by atoms with E-state index in [0.717, 1.165) is 5.56 Å². The molecule has 0 fully saturated rings. The highest BCUT2D eigenvalue weighted by Gasteiger charge is 2.08. The summed E-state index contributed by atoms with van der Waals surface area (Å²) in [5, 5.41) is 2.05. The van der Waals surface area contributed by atoms with Crippen molar-refractivity contribution >= 4 is 12.0 Å². The van der Waals surface area contributed by atoms with Gasteiger partial charge < -0.3 is 14.2 Å². The molecule has 126 valence electrons. The van der Waals surface area contributed by atoms with Gasteiger partial charge in [0.05, 0.1) is 6.61 Å². The average molecular weight is 329 g/mol. The van der Waals surface area contributed by atoms with Gasteiger partial charge >= 0.3 is 6.09 Å². The monoisotopic (exact) mass is 329 g/mol. The van der Waals surface area contributed by atoms with Gasteiger partial charge in [-0.15, -0.1) is 0 Å². The third-order valence-electron chi connectivity index (χ3n) is 2.96. The standard InChI is InChI=1S/C18H19NO5/c1-2-22-18(21)19-17(20)13-24-16-10-8-15(9-11-16)23-12-14-6-4-3-5-7-14/h3-11H,2,12-13H2,1H3,(H,19,20,21). The van der Waals surface area contributed by atoms with Gasteiger partial charge in [-0.1, -0.05) is 30.3 Å². The highest BCUT2D eigenvalue weighted by molar-refractivity contribution is 5.92. The molecule has 2 rings (SSSR count). The molecule has 0 aromatic heterocycles. The quantitative estimate of drug-likeness (QED) is 0.845. The molecule has 0 saturated carbocycles. The van der Waals surface area contributed by atoms with Crippen LogP contribution >= 0.6 is 0 Å². The largest absolute Gasteiger partial charge is 0.489 e. The molecule has 2 aromatic rings. The second-order valence-electron chi connectivity index (χ2n) is 4.80. The Morgan fingerprint density at radius 2 is 1.54 bits per heavy atom. The van der Waals surface area contributed by atoms with Crippen molar-refractivity contribution in [2.24, 2.45) is 0 Å². The number of carbonyl (C=O) groups excluding carboxylic acids is 2. The van der Waals surface area contributed by atoms with Crippen LogP contribution in [0.3, 0.4) is 0 Å². The number of rotatable bonds is 7. The fraction of sp³-hybridized carbons (Fsp3) is 0.222. The van der Waals surface area contributed by atoms with Crippen molar-refractivity contribution in [1.29, 1.82) is 0 Å². The maximum absolute atomic E-state index is 11.5. The van der Waals surface area contributed by atoms with Crippen molar-refractivity contribution in [1.82, 2.24) is 5.32 Å². The smallest absolute Gasteiger partial charge is 0.413 e. The molecule has 0 unspecified atom stereocenters. The minimum absolute atomic E-state index is 0.199. The summed E-state index contributed by atoms with van der Waals surface area (Å²) in [6.45, 7) is 2.05. The van der Waals surface area contributed by atoms with Crippen LogP contribution in [-0.4, -0.2) is 25.2 Å². The lowest BCUT2D eigenvalue weighted by Crippen LogP contribution is -2.34. The van der Waals surface area contributed by atoms with E-state index in [-0.39, 0.29) is 13.2 Å². The van der Waals surface area contributed by atoms with Gasteiger partial charge in [-0.25, -0.2) is 4.79 Å². The molecule has 0 aliphatic heterocycles. The van der Waals surface area contributed by atoms with Gasteiger partial charge in [0.25, 0.3) is 5.91 Å². The summed E-state index contributed by atoms with van der Waals surface area (Å²) in [4.78, 5) is 22.5. The molecule has 0 spiro atoms. The number of hydrogen-bond acceptors (Lipinski definition) is 5. The van der Waals surface area contributed by atoms with Crippen LogP contribution in [0.15, 0.2) is 54.6 Å². The molecule has 0 saturated heterocycles. The molecule has 2 aromatic carbocycles. The van der Waals surface area contributed by atoms with Gasteiger partial charge in [-0.3, -0.25) is 10.1 Å². The lowest BCUT2D eigenvalue weighted by molar-refractivity contribution is -0.122. The number of alkyl carbamates (subject to hydrolysis) is 1. The van der Waals surface area contributed by atoms with Crippen LogP contribution in [0.1, 0.15) is 12.5 Å². The van der Waals surface area contributed by atoms with E-state index in [1.807, 2.05) is 30.3 Å². The summed E-state index contributed by atoms with van der Waals surface area (Å²) < 4.78 is 15.5. The first-order chi connectivity index (χ1) is 11.7. The van der Waals surface area contributed by atoms with E-state index < -0.39 is 12.0 Å². The Bertz CT molecular complexity index is 655. The van der Waals surface area contributed by atoms with E-state index in [1.54, 1.807) is 31.2 Å².